The number of unbranched alkanes of at least 4 members (excludes halogenated alkanes) is 13. The molecule has 0 rings (SSSR count). The summed E-state index contributed by atoms with van der Waals surface area (Å²) in [5, 5.41) is 9.11. The van der Waals surface area contributed by atoms with Crippen LogP contribution in [-0.4, -0.2) is 24.4 Å². The van der Waals surface area contributed by atoms with Crippen molar-refractivity contribution < 1.29 is 9.84 Å². The Morgan fingerprint density at radius 3 is 1.59 bits per heavy atom. The molecule has 2 heteroatoms. The molecule has 0 aromatic carbocycles. The first kappa shape index (κ1) is 21.5. The van der Waals surface area contributed by atoms with Crippen molar-refractivity contribution in [3.05, 3.63) is 0 Å². The molecule has 130 valence electrons. The van der Waals surface area contributed by atoms with Gasteiger partial charge in [0.05, 0.1) is 6.61 Å². The number of hydrogen-bond acceptors (Lipinski definition) is 2. The molecule has 0 aliphatic heterocycles. The van der Waals surface area contributed by atoms with Crippen LogP contribution >= 0.6 is 0 Å². The lowest BCUT2D eigenvalue weighted by Gasteiger charge is -2.06. The van der Waals surface area contributed by atoms with Gasteiger partial charge in [0, 0.05) is 6.61 Å². The van der Waals surface area contributed by atoms with Gasteiger partial charge in [-0.05, 0) is 6.42 Å². The molecule has 0 amide bonds. The van der Waals surface area contributed by atoms with E-state index in [1.165, 1.54) is 83.5 Å². The van der Waals surface area contributed by atoms with Gasteiger partial charge in [-0.25, -0.2) is 0 Å². The Morgan fingerprint density at radius 2 is 1.18 bits per heavy atom. The number of hydrogen-bond donors (Lipinski definition) is 1. The standard InChI is InChI=1S/C20H38O2/c1-3-5-6-7-8-9-10-11-12-13-14-15-16-17-18-22-19-20(21)4-2/h2,20-21H,3,5-19H2,1H3/t20-/m0/s1. The average Bonchev–Trinajstić information content (AvgIpc) is 2.54. The Labute approximate surface area is 139 Å². The van der Waals surface area contributed by atoms with Crippen LogP contribution in [0.2, 0.25) is 0 Å². The van der Waals surface area contributed by atoms with Crippen molar-refractivity contribution in [1.29, 1.82) is 0 Å². The van der Waals surface area contributed by atoms with Crippen LogP contribution in [0.4, 0.5) is 0 Å². The molecule has 0 aromatic heterocycles. The van der Waals surface area contributed by atoms with Crippen LogP contribution in [-0.2, 0) is 4.74 Å². The van der Waals surface area contributed by atoms with E-state index < -0.39 is 6.10 Å². The van der Waals surface area contributed by atoms with E-state index in [-0.39, 0.29) is 6.61 Å². The van der Waals surface area contributed by atoms with E-state index in [2.05, 4.69) is 12.8 Å². The summed E-state index contributed by atoms with van der Waals surface area (Å²) in [6.45, 7) is 3.27. The Kier molecular flexibility index (Phi) is 18.1. The van der Waals surface area contributed by atoms with E-state index in [1.54, 1.807) is 0 Å². The van der Waals surface area contributed by atoms with Gasteiger partial charge in [-0.1, -0.05) is 96.3 Å². The van der Waals surface area contributed by atoms with Crippen molar-refractivity contribution >= 4 is 0 Å². The minimum Gasteiger partial charge on any atom is -0.378 e. The van der Waals surface area contributed by atoms with Gasteiger partial charge in [0.2, 0.25) is 0 Å². The zero-order valence-electron chi connectivity index (χ0n) is 14.8. The SMILES string of the molecule is C#C[C@H](O)COCCCCCCCCCCCCCCCC. The van der Waals surface area contributed by atoms with Crippen molar-refractivity contribution in [2.24, 2.45) is 0 Å². The van der Waals surface area contributed by atoms with Crippen LogP contribution in [0.5, 0.6) is 0 Å². The van der Waals surface area contributed by atoms with Crippen molar-refractivity contribution in [3.8, 4) is 12.3 Å². The first-order valence-electron chi connectivity index (χ1n) is 9.53. The van der Waals surface area contributed by atoms with Gasteiger partial charge in [0.25, 0.3) is 0 Å². The molecule has 0 aliphatic carbocycles. The fraction of sp³-hybridized carbons (Fsp3) is 0.900. The number of aliphatic hydroxyl groups excluding tert-OH is 1. The first-order chi connectivity index (χ1) is 10.8. The summed E-state index contributed by atoms with van der Waals surface area (Å²) in [7, 11) is 0. The largest absolute Gasteiger partial charge is 0.378 e. The van der Waals surface area contributed by atoms with E-state index in [0.717, 1.165) is 13.0 Å². The lowest BCUT2D eigenvalue weighted by molar-refractivity contribution is 0.0618. The molecule has 0 saturated heterocycles. The van der Waals surface area contributed by atoms with Crippen molar-refractivity contribution in [2.75, 3.05) is 13.2 Å². The molecule has 1 N–H and O–H groups in total. The van der Waals surface area contributed by atoms with E-state index in [1.807, 2.05) is 0 Å². The molecule has 0 spiro atoms. The van der Waals surface area contributed by atoms with Gasteiger partial charge < -0.3 is 9.84 Å². The second-order valence-corrected chi connectivity index (χ2v) is 6.35. The predicted molar refractivity (Wildman–Crippen MR) is 96.0 cm³/mol. The smallest absolute Gasteiger partial charge is 0.137 e. The average molecular weight is 311 g/mol. The zero-order valence-corrected chi connectivity index (χ0v) is 14.8. The van der Waals surface area contributed by atoms with Crippen LogP contribution in [0.25, 0.3) is 0 Å². The Bertz CT molecular complexity index is 245. The van der Waals surface area contributed by atoms with Crippen LogP contribution < -0.4 is 0 Å². The molecular formula is C20H38O2. The molecule has 0 unspecified atom stereocenters. The minimum absolute atomic E-state index is 0.273. The highest BCUT2D eigenvalue weighted by Crippen LogP contribution is 2.12. The summed E-state index contributed by atoms with van der Waals surface area (Å²) < 4.78 is 5.30. The molecule has 2 nitrogen and oxygen atoms in total. The summed E-state index contributed by atoms with van der Waals surface area (Å²) in [6.07, 6.45) is 23.4. The van der Waals surface area contributed by atoms with Crippen LogP contribution in [0.3, 0.4) is 0 Å². The number of aliphatic hydroxyl groups is 1. The maximum absolute atomic E-state index is 9.11. The number of rotatable bonds is 17. The summed E-state index contributed by atoms with van der Waals surface area (Å²) in [5.74, 6) is 2.25. The summed E-state index contributed by atoms with van der Waals surface area (Å²) >= 11 is 0. The highest BCUT2D eigenvalue weighted by Gasteiger charge is 1.98. The minimum atomic E-state index is -0.744. The predicted octanol–water partition coefficient (Wildman–Crippen LogP) is 5.48. The lowest BCUT2D eigenvalue weighted by atomic mass is 10.0. The second-order valence-electron chi connectivity index (χ2n) is 6.35. The van der Waals surface area contributed by atoms with Gasteiger partial charge in [0.15, 0.2) is 0 Å². The normalized spacial score (nSPS) is 12.2. The van der Waals surface area contributed by atoms with Crippen LogP contribution in [0.15, 0.2) is 0 Å². The maximum Gasteiger partial charge on any atom is 0.137 e. The van der Waals surface area contributed by atoms with Gasteiger partial charge in [-0.2, -0.15) is 0 Å². The molecule has 1 atom stereocenters. The molecule has 0 aromatic rings. The monoisotopic (exact) mass is 310 g/mol. The summed E-state index contributed by atoms with van der Waals surface area (Å²) in [4.78, 5) is 0. The lowest BCUT2D eigenvalue weighted by Crippen LogP contribution is -2.12. The van der Waals surface area contributed by atoms with Crippen molar-refractivity contribution in [2.45, 2.75) is 103 Å². The van der Waals surface area contributed by atoms with E-state index >= 15 is 0 Å². The number of ether oxygens (including phenoxy) is 1. The van der Waals surface area contributed by atoms with E-state index in [0.29, 0.717) is 0 Å². The molecule has 0 aliphatic rings. The van der Waals surface area contributed by atoms with Gasteiger partial charge >= 0.3 is 0 Å². The molecule has 0 heterocycles. The zero-order chi connectivity index (χ0) is 16.3. The molecule has 0 fully saturated rings. The third-order valence-corrected chi connectivity index (χ3v) is 4.11. The quantitative estimate of drug-likeness (QED) is 0.285. The maximum atomic E-state index is 9.11. The van der Waals surface area contributed by atoms with Crippen LogP contribution in [0.1, 0.15) is 96.8 Å². The van der Waals surface area contributed by atoms with Crippen molar-refractivity contribution in [1.82, 2.24) is 0 Å². The summed E-state index contributed by atoms with van der Waals surface area (Å²) in [5.41, 5.74) is 0. The third kappa shape index (κ3) is 17.5. The van der Waals surface area contributed by atoms with Gasteiger partial charge in [0.1, 0.15) is 6.10 Å². The van der Waals surface area contributed by atoms with E-state index in [9.17, 15) is 0 Å². The topological polar surface area (TPSA) is 29.5 Å². The first-order valence-corrected chi connectivity index (χ1v) is 9.53. The van der Waals surface area contributed by atoms with E-state index in [4.69, 9.17) is 16.3 Å². The van der Waals surface area contributed by atoms with Crippen molar-refractivity contribution in [3.63, 3.8) is 0 Å². The fourth-order valence-electron chi connectivity index (χ4n) is 2.64. The van der Waals surface area contributed by atoms with Gasteiger partial charge in [-0.15, -0.1) is 6.42 Å². The molecule has 0 radical (unpaired) electrons. The number of terminal acetylenes is 1. The highest BCUT2D eigenvalue weighted by atomic mass is 16.5. The molecular weight excluding hydrogens is 272 g/mol. The molecule has 0 saturated carbocycles. The third-order valence-electron chi connectivity index (χ3n) is 4.11. The second kappa shape index (κ2) is 18.5. The highest BCUT2D eigenvalue weighted by molar-refractivity contribution is 4.92. The molecule has 0 bridgehead atoms. The summed E-state index contributed by atoms with van der Waals surface area (Å²) in [6, 6.07) is 0. The molecule has 22 heavy (non-hydrogen) atoms. The Morgan fingerprint density at radius 1 is 0.773 bits per heavy atom. The van der Waals surface area contributed by atoms with Crippen LogP contribution in [0, 0.1) is 12.3 Å². The Hall–Kier alpha value is -0.520. The fourth-order valence-corrected chi connectivity index (χ4v) is 2.64. The Balaban J connectivity index is 2.99. The van der Waals surface area contributed by atoms with Gasteiger partial charge in [-0.3, -0.25) is 0 Å².